The third-order valence-electron chi connectivity index (χ3n) is 1.24. The molecule has 1 rings (SSSR count). The molecule has 1 heterocycles. The Morgan fingerprint density at radius 2 is 2.55 bits per heavy atom. The van der Waals surface area contributed by atoms with E-state index in [9.17, 15) is 10.1 Å². The number of hydrogen-bond donors (Lipinski definition) is 0. The van der Waals surface area contributed by atoms with E-state index in [4.69, 9.17) is 0 Å². The normalized spacial score (nSPS) is 10.0. The molecule has 0 N–H and O–H groups in total. The van der Waals surface area contributed by atoms with Crippen LogP contribution in [-0.2, 0) is 13.6 Å². The van der Waals surface area contributed by atoms with E-state index in [1.165, 1.54) is 4.68 Å². The summed E-state index contributed by atoms with van der Waals surface area (Å²) in [6, 6.07) is 1.63. The van der Waals surface area contributed by atoms with Gasteiger partial charge in [0.1, 0.15) is 10.3 Å². The summed E-state index contributed by atoms with van der Waals surface area (Å²) in [5.41, 5.74) is 0.585. The van der Waals surface area contributed by atoms with Gasteiger partial charge in [0.05, 0.1) is 0 Å². The van der Waals surface area contributed by atoms with Crippen LogP contribution in [0.2, 0.25) is 0 Å². The van der Waals surface area contributed by atoms with E-state index >= 15 is 0 Å². The fourth-order valence-electron chi connectivity index (χ4n) is 0.748. The van der Waals surface area contributed by atoms with Crippen LogP contribution in [0.1, 0.15) is 5.69 Å². The average Bonchev–Trinajstić information content (AvgIpc) is 2.09. The Labute approximate surface area is 71.3 Å². The number of rotatable bonds is 2. The second-order valence-electron chi connectivity index (χ2n) is 2.07. The molecule has 0 spiro atoms. The minimum atomic E-state index is -0.385. The Morgan fingerprint density at radius 1 is 1.91 bits per heavy atom. The molecule has 0 fully saturated rings. The second kappa shape index (κ2) is 3.00. The molecular weight excluding hydrogens is 214 g/mol. The van der Waals surface area contributed by atoms with Crippen molar-refractivity contribution in [2.24, 2.45) is 7.05 Å². The molecule has 0 aromatic carbocycles. The van der Waals surface area contributed by atoms with Gasteiger partial charge in [0.15, 0.2) is 0 Å². The van der Waals surface area contributed by atoms with Crippen molar-refractivity contribution in [1.29, 1.82) is 0 Å². The van der Waals surface area contributed by atoms with Crippen LogP contribution in [0.15, 0.2) is 10.7 Å². The summed E-state index contributed by atoms with van der Waals surface area (Å²) >= 11 is 3.12. The topological polar surface area (TPSA) is 61.0 Å². The Kier molecular flexibility index (Phi) is 2.23. The molecule has 0 amide bonds. The van der Waals surface area contributed by atoms with Crippen molar-refractivity contribution in [3.63, 3.8) is 0 Å². The molecule has 6 heteroatoms. The fraction of sp³-hybridized carbons (Fsp3) is 0.400. The van der Waals surface area contributed by atoms with Gasteiger partial charge in [0, 0.05) is 18.0 Å². The van der Waals surface area contributed by atoms with Gasteiger partial charge in [0.25, 0.3) is 0 Å². The third-order valence-corrected chi connectivity index (χ3v) is 1.63. The third kappa shape index (κ3) is 2.01. The zero-order valence-electron chi connectivity index (χ0n) is 5.82. The van der Waals surface area contributed by atoms with Crippen LogP contribution >= 0.6 is 15.9 Å². The summed E-state index contributed by atoms with van der Waals surface area (Å²) in [7, 11) is 1.67. The van der Waals surface area contributed by atoms with Gasteiger partial charge >= 0.3 is 0 Å². The van der Waals surface area contributed by atoms with Crippen molar-refractivity contribution in [1.82, 2.24) is 9.78 Å². The fourth-order valence-corrected chi connectivity index (χ4v) is 1.25. The van der Waals surface area contributed by atoms with Gasteiger partial charge in [-0.3, -0.25) is 14.8 Å². The van der Waals surface area contributed by atoms with E-state index in [1.807, 2.05) is 0 Å². The number of hydrogen-bond acceptors (Lipinski definition) is 3. The van der Waals surface area contributed by atoms with E-state index in [-0.39, 0.29) is 11.5 Å². The molecule has 1 aromatic rings. The first-order valence-electron chi connectivity index (χ1n) is 2.90. The summed E-state index contributed by atoms with van der Waals surface area (Å²) < 4.78 is 2.10. The molecule has 0 aliphatic rings. The Bertz CT molecular complexity index is 283. The van der Waals surface area contributed by atoms with Crippen LogP contribution in [0.4, 0.5) is 0 Å². The van der Waals surface area contributed by atoms with Crippen LogP contribution in [-0.4, -0.2) is 14.7 Å². The summed E-state index contributed by atoms with van der Waals surface area (Å²) in [4.78, 5) is 9.69. The molecule has 0 aliphatic carbocycles. The summed E-state index contributed by atoms with van der Waals surface area (Å²) in [6.45, 7) is -0.185. The largest absolute Gasteiger partial charge is 0.265 e. The van der Waals surface area contributed by atoms with Crippen molar-refractivity contribution >= 4 is 15.9 Å². The van der Waals surface area contributed by atoms with Gasteiger partial charge < -0.3 is 0 Å². The minimum Gasteiger partial charge on any atom is -0.265 e. The molecule has 11 heavy (non-hydrogen) atoms. The molecule has 5 nitrogen and oxygen atoms in total. The number of aromatic nitrogens is 2. The number of halogens is 1. The molecule has 0 saturated carbocycles. The SMILES string of the molecule is Cn1nc(Br)cc1C[N+](=O)[O-]. The van der Waals surface area contributed by atoms with Crippen LogP contribution in [0, 0.1) is 10.1 Å². The first kappa shape index (κ1) is 8.19. The monoisotopic (exact) mass is 219 g/mol. The van der Waals surface area contributed by atoms with Crippen molar-refractivity contribution in [3.05, 3.63) is 26.5 Å². The van der Waals surface area contributed by atoms with Crippen molar-refractivity contribution in [3.8, 4) is 0 Å². The van der Waals surface area contributed by atoms with Crippen molar-refractivity contribution in [2.45, 2.75) is 6.54 Å². The molecule has 0 unspecified atom stereocenters. The predicted molar refractivity (Wildman–Crippen MR) is 41.6 cm³/mol. The summed E-state index contributed by atoms with van der Waals surface area (Å²) in [5.74, 6) is 0. The molecule has 0 bridgehead atoms. The van der Waals surface area contributed by atoms with Crippen LogP contribution in [0.3, 0.4) is 0 Å². The smallest absolute Gasteiger partial charge is 0.245 e. The minimum absolute atomic E-state index is 0.185. The highest BCUT2D eigenvalue weighted by atomic mass is 79.9. The van der Waals surface area contributed by atoms with Gasteiger partial charge in [0.2, 0.25) is 6.54 Å². The van der Waals surface area contributed by atoms with Crippen molar-refractivity contribution < 1.29 is 4.92 Å². The zero-order valence-corrected chi connectivity index (χ0v) is 7.41. The van der Waals surface area contributed by atoms with Crippen molar-refractivity contribution in [2.75, 3.05) is 0 Å². The van der Waals surface area contributed by atoms with Gasteiger partial charge in [-0.15, -0.1) is 0 Å². The van der Waals surface area contributed by atoms with Crippen LogP contribution < -0.4 is 0 Å². The lowest BCUT2D eigenvalue weighted by Gasteiger charge is -1.93. The Hall–Kier alpha value is -0.910. The van der Waals surface area contributed by atoms with E-state index in [1.54, 1.807) is 13.1 Å². The lowest BCUT2D eigenvalue weighted by molar-refractivity contribution is -0.497. The number of nitrogens with zero attached hydrogens (tertiary/aromatic N) is 3. The molecule has 60 valence electrons. The standard InChI is InChI=1S/C5H6BrN3O2/c1-8-4(3-9(10)11)2-5(6)7-8/h2H,3H2,1H3. The zero-order chi connectivity index (χ0) is 8.43. The molecule has 0 saturated heterocycles. The molecule has 1 aromatic heterocycles. The Morgan fingerprint density at radius 3 is 2.91 bits per heavy atom. The first-order valence-corrected chi connectivity index (χ1v) is 3.69. The average molecular weight is 220 g/mol. The summed E-state index contributed by atoms with van der Waals surface area (Å²) in [6.07, 6.45) is 0. The maximum Gasteiger partial charge on any atom is 0.245 e. The lowest BCUT2D eigenvalue weighted by Crippen LogP contribution is -2.04. The van der Waals surface area contributed by atoms with E-state index in [0.717, 1.165) is 0 Å². The highest BCUT2D eigenvalue weighted by Gasteiger charge is 2.07. The van der Waals surface area contributed by atoms with Gasteiger partial charge in [-0.25, -0.2) is 0 Å². The maximum absolute atomic E-state index is 10.1. The first-order chi connectivity index (χ1) is 5.09. The van der Waals surface area contributed by atoms with Gasteiger partial charge in [-0.05, 0) is 15.9 Å². The molecular formula is C5H6BrN3O2. The number of aryl methyl sites for hydroxylation is 1. The highest BCUT2D eigenvalue weighted by Crippen LogP contribution is 2.09. The van der Waals surface area contributed by atoms with E-state index in [2.05, 4.69) is 21.0 Å². The molecule has 0 radical (unpaired) electrons. The Balaban J connectivity index is 2.85. The summed E-state index contributed by atoms with van der Waals surface area (Å²) in [5, 5.41) is 14.0. The lowest BCUT2D eigenvalue weighted by atomic mass is 10.4. The van der Waals surface area contributed by atoms with E-state index < -0.39 is 0 Å². The van der Waals surface area contributed by atoms with Crippen LogP contribution in [0.5, 0.6) is 0 Å². The number of nitro groups is 1. The molecule has 0 aliphatic heterocycles. The second-order valence-corrected chi connectivity index (χ2v) is 2.89. The molecule has 0 atom stereocenters. The quantitative estimate of drug-likeness (QED) is 0.550. The maximum atomic E-state index is 10.1. The van der Waals surface area contributed by atoms with Crippen LogP contribution in [0.25, 0.3) is 0 Å². The predicted octanol–water partition coefficient (Wildman–Crippen LogP) is 0.959. The van der Waals surface area contributed by atoms with Gasteiger partial charge in [-0.2, -0.15) is 5.10 Å². The highest BCUT2D eigenvalue weighted by molar-refractivity contribution is 9.10. The van der Waals surface area contributed by atoms with E-state index in [0.29, 0.717) is 10.3 Å². The van der Waals surface area contributed by atoms with Gasteiger partial charge in [-0.1, -0.05) is 0 Å².